The number of hydrogen-bond donors (Lipinski definition) is 1. The zero-order valence-corrected chi connectivity index (χ0v) is 15.0. The molecule has 21 heavy (non-hydrogen) atoms. The Morgan fingerprint density at radius 1 is 1.29 bits per heavy atom. The van der Waals surface area contributed by atoms with Crippen molar-refractivity contribution in [2.24, 2.45) is 0 Å². The molecule has 0 saturated carbocycles. The molecule has 1 aromatic carbocycles. The normalized spacial score (nSPS) is 14.8. The summed E-state index contributed by atoms with van der Waals surface area (Å²) in [5.41, 5.74) is 2.51. The van der Waals surface area contributed by atoms with Crippen LogP contribution in [0.3, 0.4) is 0 Å². The third kappa shape index (κ3) is 3.35. The highest BCUT2D eigenvalue weighted by Crippen LogP contribution is 2.35. The summed E-state index contributed by atoms with van der Waals surface area (Å²) in [5, 5.41) is 3.49. The van der Waals surface area contributed by atoms with Gasteiger partial charge in [-0.15, -0.1) is 0 Å². The summed E-state index contributed by atoms with van der Waals surface area (Å²) >= 11 is 6.97. The van der Waals surface area contributed by atoms with Crippen molar-refractivity contribution >= 4 is 31.9 Å². The Bertz CT molecular complexity index is 639. The molecule has 0 amide bonds. The molecule has 0 spiro atoms. The van der Waals surface area contributed by atoms with E-state index in [1.165, 1.54) is 11.1 Å². The van der Waals surface area contributed by atoms with Gasteiger partial charge in [0.05, 0.1) is 12.6 Å². The van der Waals surface area contributed by atoms with Gasteiger partial charge in [-0.25, -0.2) is 0 Å². The molecule has 2 aromatic rings. The van der Waals surface area contributed by atoms with Crippen LogP contribution in [0.15, 0.2) is 37.8 Å². The molecule has 0 saturated heterocycles. The fourth-order valence-electron chi connectivity index (χ4n) is 2.75. The second-order valence-corrected chi connectivity index (χ2v) is 6.81. The number of rotatable bonds is 5. The van der Waals surface area contributed by atoms with E-state index < -0.39 is 0 Å². The Morgan fingerprint density at radius 2 is 2.14 bits per heavy atom. The monoisotopic (exact) mass is 413 g/mol. The molecule has 3 rings (SSSR count). The fourth-order valence-corrected chi connectivity index (χ4v) is 3.62. The molecule has 1 atom stereocenters. The number of ether oxygens (including phenoxy) is 1. The molecule has 2 heterocycles. The molecule has 1 unspecified atom stereocenters. The van der Waals surface area contributed by atoms with Crippen molar-refractivity contribution in [3.63, 3.8) is 0 Å². The summed E-state index contributed by atoms with van der Waals surface area (Å²) in [6.07, 6.45) is 1.83. The zero-order chi connectivity index (χ0) is 14.8. The van der Waals surface area contributed by atoms with Crippen LogP contribution in [-0.2, 0) is 12.8 Å². The third-order valence-corrected chi connectivity index (χ3v) is 4.52. The molecule has 0 aliphatic carbocycles. The lowest BCUT2D eigenvalue weighted by Crippen LogP contribution is -2.22. The van der Waals surface area contributed by atoms with Crippen LogP contribution >= 0.6 is 31.9 Å². The van der Waals surface area contributed by atoms with E-state index in [-0.39, 0.29) is 6.04 Å². The first-order valence-electron chi connectivity index (χ1n) is 7.10. The lowest BCUT2D eigenvalue weighted by molar-refractivity contribution is 0.348. The van der Waals surface area contributed by atoms with Gasteiger partial charge in [0.25, 0.3) is 0 Å². The molecule has 112 valence electrons. The van der Waals surface area contributed by atoms with Crippen LogP contribution in [0.2, 0.25) is 0 Å². The largest absolute Gasteiger partial charge is 0.493 e. The molecule has 0 bridgehead atoms. The lowest BCUT2D eigenvalue weighted by Gasteiger charge is -2.17. The number of halogens is 2. The summed E-state index contributed by atoms with van der Waals surface area (Å²) in [7, 11) is 0. The van der Waals surface area contributed by atoms with Crippen molar-refractivity contribution in [2.45, 2.75) is 25.8 Å². The van der Waals surface area contributed by atoms with Crippen molar-refractivity contribution in [3.05, 3.63) is 50.3 Å². The van der Waals surface area contributed by atoms with Gasteiger partial charge in [0.2, 0.25) is 0 Å². The first-order chi connectivity index (χ1) is 10.2. The van der Waals surface area contributed by atoms with E-state index >= 15 is 0 Å². The zero-order valence-electron chi connectivity index (χ0n) is 11.8. The highest BCUT2D eigenvalue weighted by molar-refractivity contribution is 9.10. The van der Waals surface area contributed by atoms with Crippen molar-refractivity contribution in [2.75, 3.05) is 13.2 Å². The summed E-state index contributed by atoms with van der Waals surface area (Å²) in [6, 6.07) is 8.38. The SMILES string of the molecule is CCNC(Cc1cc(Br)cc2c1OCC2)c1ccc(Br)o1. The molecule has 0 radical (unpaired) electrons. The van der Waals surface area contributed by atoms with Crippen LogP contribution in [0.25, 0.3) is 0 Å². The molecular weight excluding hydrogens is 398 g/mol. The van der Waals surface area contributed by atoms with Crippen molar-refractivity contribution in [1.29, 1.82) is 0 Å². The maximum atomic E-state index is 5.82. The van der Waals surface area contributed by atoms with Crippen molar-refractivity contribution in [3.8, 4) is 5.75 Å². The van der Waals surface area contributed by atoms with Gasteiger partial charge in [0.15, 0.2) is 4.67 Å². The van der Waals surface area contributed by atoms with Crippen LogP contribution in [0.4, 0.5) is 0 Å². The molecule has 1 aliphatic heterocycles. The van der Waals surface area contributed by atoms with Gasteiger partial charge >= 0.3 is 0 Å². The summed E-state index contributed by atoms with van der Waals surface area (Å²) < 4.78 is 13.4. The number of hydrogen-bond acceptors (Lipinski definition) is 3. The quantitative estimate of drug-likeness (QED) is 0.774. The van der Waals surface area contributed by atoms with Gasteiger partial charge in [-0.2, -0.15) is 0 Å². The Kier molecular flexibility index (Phi) is 4.72. The first kappa shape index (κ1) is 15.1. The van der Waals surface area contributed by atoms with Gasteiger partial charge in [-0.1, -0.05) is 22.9 Å². The molecule has 0 fully saturated rings. The Balaban J connectivity index is 1.90. The number of furan rings is 1. The Morgan fingerprint density at radius 3 is 2.86 bits per heavy atom. The van der Waals surface area contributed by atoms with Gasteiger partial charge in [-0.3, -0.25) is 0 Å². The molecular formula is C16H17Br2NO2. The maximum Gasteiger partial charge on any atom is 0.169 e. The predicted molar refractivity (Wildman–Crippen MR) is 89.9 cm³/mol. The van der Waals surface area contributed by atoms with E-state index in [0.717, 1.165) is 46.6 Å². The van der Waals surface area contributed by atoms with Gasteiger partial charge in [0, 0.05) is 10.9 Å². The summed E-state index contributed by atoms with van der Waals surface area (Å²) in [6.45, 7) is 3.77. The second-order valence-electron chi connectivity index (χ2n) is 5.11. The van der Waals surface area contributed by atoms with Crippen LogP contribution in [0, 0.1) is 0 Å². The summed E-state index contributed by atoms with van der Waals surface area (Å²) in [5.74, 6) is 1.99. The highest BCUT2D eigenvalue weighted by Gasteiger charge is 2.22. The average Bonchev–Trinajstić information content (AvgIpc) is 3.06. The van der Waals surface area contributed by atoms with Crippen LogP contribution < -0.4 is 10.1 Å². The smallest absolute Gasteiger partial charge is 0.169 e. The van der Waals surface area contributed by atoms with Crippen LogP contribution in [0.5, 0.6) is 5.75 Å². The Hall–Kier alpha value is -0.780. The topological polar surface area (TPSA) is 34.4 Å². The van der Waals surface area contributed by atoms with E-state index in [4.69, 9.17) is 9.15 Å². The maximum absolute atomic E-state index is 5.82. The van der Waals surface area contributed by atoms with E-state index in [1.54, 1.807) is 0 Å². The third-order valence-electron chi connectivity index (χ3n) is 3.64. The van der Waals surface area contributed by atoms with Crippen molar-refractivity contribution in [1.82, 2.24) is 5.32 Å². The first-order valence-corrected chi connectivity index (χ1v) is 8.68. The Labute approximate surface area is 141 Å². The number of benzene rings is 1. The predicted octanol–water partition coefficient (Wildman–Crippen LogP) is 4.63. The minimum atomic E-state index is 0.142. The second kappa shape index (κ2) is 6.55. The number of nitrogens with one attached hydrogen (secondary N) is 1. The lowest BCUT2D eigenvalue weighted by atomic mass is 10.00. The molecule has 3 nitrogen and oxygen atoms in total. The number of fused-ring (bicyclic) bond motifs is 1. The fraction of sp³-hybridized carbons (Fsp3) is 0.375. The standard InChI is InChI=1S/C16H17Br2NO2/c1-2-19-13(14-3-4-15(18)21-14)9-11-8-12(17)7-10-5-6-20-16(10)11/h3-4,7-8,13,19H,2,5-6,9H2,1H3. The van der Waals surface area contributed by atoms with E-state index in [9.17, 15) is 0 Å². The minimum Gasteiger partial charge on any atom is -0.493 e. The molecule has 1 N–H and O–H groups in total. The van der Waals surface area contributed by atoms with Gasteiger partial charge in [0.1, 0.15) is 11.5 Å². The number of likely N-dealkylation sites (N-methyl/N-ethyl adjacent to an activating group) is 1. The van der Waals surface area contributed by atoms with Gasteiger partial charge in [-0.05, 0) is 64.3 Å². The molecule has 1 aromatic heterocycles. The van der Waals surface area contributed by atoms with Crippen LogP contribution in [-0.4, -0.2) is 13.2 Å². The average molecular weight is 415 g/mol. The van der Waals surface area contributed by atoms with E-state index in [1.807, 2.05) is 12.1 Å². The highest BCUT2D eigenvalue weighted by atomic mass is 79.9. The minimum absolute atomic E-state index is 0.142. The molecule has 1 aliphatic rings. The van der Waals surface area contributed by atoms with Crippen molar-refractivity contribution < 1.29 is 9.15 Å². The van der Waals surface area contributed by atoms with E-state index in [0.29, 0.717) is 0 Å². The van der Waals surface area contributed by atoms with E-state index in [2.05, 4.69) is 56.2 Å². The summed E-state index contributed by atoms with van der Waals surface area (Å²) in [4.78, 5) is 0. The van der Waals surface area contributed by atoms with Crippen LogP contribution in [0.1, 0.15) is 29.9 Å². The van der Waals surface area contributed by atoms with Gasteiger partial charge < -0.3 is 14.5 Å². The molecule has 5 heteroatoms.